The number of nitrogens with one attached hydrogen (secondary N) is 1. The zero-order valence-corrected chi connectivity index (χ0v) is 16.2. The molecule has 138 valence electrons. The molecule has 3 rings (SSSR count). The zero-order valence-electron chi connectivity index (χ0n) is 14.7. The molecule has 1 N–H and O–H groups in total. The molecule has 26 heavy (non-hydrogen) atoms. The number of halogens is 1. The summed E-state index contributed by atoms with van der Waals surface area (Å²) in [4.78, 5) is 6.19. The molecule has 1 aromatic heterocycles. The van der Waals surface area contributed by atoms with E-state index in [1.807, 2.05) is 24.3 Å². The van der Waals surface area contributed by atoms with Gasteiger partial charge in [-0.2, -0.15) is 0 Å². The fraction of sp³-hybridized carbons (Fsp3) is 0.368. The third-order valence-corrected chi connectivity index (χ3v) is 4.86. The van der Waals surface area contributed by atoms with Crippen LogP contribution in [0.25, 0.3) is 0 Å². The van der Waals surface area contributed by atoms with E-state index in [0.29, 0.717) is 22.4 Å². The lowest BCUT2D eigenvalue weighted by Gasteiger charge is -2.28. The van der Waals surface area contributed by atoms with Crippen LogP contribution in [0.15, 0.2) is 42.7 Å². The summed E-state index contributed by atoms with van der Waals surface area (Å²) < 4.78 is 11.2. The molecule has 0 amide bonds. The van der Waals surface area contributed by atoms with Gasteiger partial charge in [0.2, 0.25) is 0 Å². The molecule has 1 fully saturated rings. The van der Waals surface area contributed by atoms with Gasteiger partial charge in [0, 0.05) is 37.1 Å². The van der Waals surface area contributed by atoms with Crippen LogP contribution in [0, 0.1) is 0 Å². The molecular weight excluding hydrogens is 370 g/mol. The number of benzene rings is 1. The van der Waals surface area contributed by atoms with E-state index in [1.54, 1.807) is 25.6 Å². The number of thiocarbonyl (C=S) groups is 1. The van der Waals surface area contributed by atoms with Crippen LogP contribution in [0.3, 0.4) is 0 Å². The molecular formula is C19H22ClN3O2S. The second kappa shape index (κ2) is 9.16. The molecule has 0 unspecified atom stereocenters. The topological polar surface area (TPSA) is 46.6 Å². The molecule has 0 bridgehead atoms. The summed E-state index contributed by atoms with van der Waals surface area (Å²) in [7, 11) is 1.62. The van der Waals surface area contributed by atoms with E-state index in [-0.39, 0.29) is 6.10 Å². The van der Waals surface area contributed by atoms with Crippen LogP contribution in [-0.4, -0.2) is 41.4 Å². The highest BCUT2D eigenvalue weighted by Crippen LogP contribution is 2.28. The third-order valence-electron chi connectivity index (χ3n) is 4.26. The number of ether oxygens (including phenoxy) is 2. The number of methoxy groups -OCH3 is 1. The number of hydrogen-bond donors (Lipinski definition) is 1. The molecule has 2 aromatic rings. The van der Waals surface area contributed by atoms with Crippen LogP contribution >= 0.6 is 23.8 Å². The number of aromatic nitrogens is 1. The maximum absolute atomic E-state index is 6.12. The minimum absolute atomic E-state index is 0.192. The molecule has 0 spiro atoms. The summed E-state index contributed by atoms with van der Waals surface area (Å²) in [5.41, 5.74) is 1.89. The van der Waals surface area contributed by atoms with Gasteiger partial charge >= 0.3 is 0 Å². The molecule has 1 saturated heterocycles. The fourth-order valence-corrected chi connectivity index (χ4v) is 3.36. The van der Waals surface area contributed by atoms with Gasteiger partial charge < -0.3 is 19.7 Å². The maximum atomic E-state index is 6.12. The summed E-state index contributed by atoms with van der Waals surface area (Å²) in [6.07, 6.45) is 5.91. The highest BCUT2D eigenvalue weighted by atomic mass is 35.5. The first-order valence-corrected chi connectivity index (χ1v) is 9.34. The van der Waals surface area contributed by atoms with Crippen molar-refractivity contribution in [1.29, 1.82) is 0 Å². The van der Waals surface area contributed by atoms with Crippen molar-refractivity contribution >= 4 is 34.6 Å². The average molecular weight is 392 g/mol. The van der Waals surface area contributed by atoms with E-state index in [9.17, 15) is 0 Å². The van der Waals surface area contributed by atoms with Crippen LogP contribution in [0.2, 0.25) is 5.02 Å². The first kappa shape index (κ1) is 18.9. The van der Waals surface area contributed by atoms with Crippen LogP contribution in [0.5, 0.6) is 5.75 Å². The van der Waals surface area contributed by atoms with Crippen LogP contribution in [0.1, 0.15) is 18.4 Å². The summed E-state index contributed by atoms with van der Waals surface area (Å²) in [5.74, 6) is 0.692. The second-order valence-corrected chi connectivity index (χ2v) is 6.97. The predicted molar refractivity (Wildman–Crippen MR) is 108 cm³/mol. The largest absolute Gasteiger partial charge is 0.495 e. The molecule has 0 radical (unpaired) electrons. The van der Waals surface area contributed by atoms with Crippen molar-refractivity contribution < 1.29 is 9.47 Å². The van der Waals surface area contributed by atoms with E-state index in [4.69, 9.17) is 33.3 Å². The molecule has 1 aliphatic rings. The van der Waals surface area contributed by atoms with Crippen molar-refractivity contribution in [2.45, 2.75) is 25.5 Å². The van der Waals surface area contributed by atoms with E-state index in [2.05, 4.69) is 15.2 Å². The third kappa shape index (κ3) is 5.06. The highest BCUT2D eigenvalue weighted by Gasteiger charge is 2.21. The molecule has 1 atom stereocenters. The molecule has 1 aromatic carbocycles. The summed E-state index contributed by atoms with van der Waals surface area (Å²) in [5, 5.41) is 4.50. The lowest BCUT2D eigenvalue weighted by atomic mass is 10.2. The van der Waals surface area contributed by atoms with Crippen molar-refractivity contribution in [3.05, 3.63) is 53.3 Å². The molecule has 5 nitrogen and oxygen atoms in total. The lowest BCUT2D eigenvalue weighted by Crippen LogP contribution is -2.39. The molecule has 1 aliphatic heterocycles. The quantitative estimate of drug-likeness (QED) is 0.747. The number of nitrogens with zero attached hydrogens (tertiary/aromatic N) is 2. The van der Waals surface area contributed by atoms with Crippen LogP contribution in [0.4, 0.5) is 5.69 Å². The Morgan fingerprint density at radius 3 is 2.88 bits per heavy atom. The van der Waals surface area contributed by atoms with Crippen molar-refractivity contribution in [3.8, 4) is 5.75 Å². The van der Waals surface area contributed by atoms with Crippen LogP contribution < -0.4 is 10.1 Å². The monoisotopic (exact) mass is 391 g/mol. The molecule has 0 saturated carbocycles. The maximum Gasteiger partial charge on any atom is 0.173 e. The minimum Gasteiger partial charge on any atom is -0.495 e. The van der Waals surface area contributed by atoms with Gasteiger partial charge in [-0.1, -0.05) is 11.6 Å². The average Bonchev–Trinajstić information content (AvgIpc) is 3.15. The van der Waals surface area contributed by atoms with Gasteiger partial charge in [-0.25, -0.2) is 0 Å². The van der Waals surface area contributed by atoms with Gasteiger partial charge in [0.25, 0.3) is 0 Å². The molecule has 7 heteroatoms. The van der Waals surface area contributed by atoms with Gasteiger partial charge in [-0.15, -0.1) is 0 Å². The summed E-state index contributed by atoms with van der Waals surface area (Å²) in [6, 6.07) is 9.40. The normalized spacial score (nSPS) is 16.3. The zero-order chi connectivity index (χ0) is 18.4. The predicted octanol–water partition coefficient (Wildman–Crippen LogP) is 4.12. The van der Waals surface area contributed by atoms with E-state index in [1.165, 1.54) is 0 Å². The summed E-state index contributed by atoms with van der Waals surface area (Å²) >= 11 is 11.8. The molecule has 2 heterocycles. The Labute approximate surface area is 164 Å². The van der Waals surface area contributed by atoms with Crippen LogP contribution in [-0.2, 0) is 11.3 Å². The van der Waals surface area contributed by atoms with Crippen molar-refractivity contribution in [3.63, 3.8) is 0 Å². The Hall–Kier alpha value is -1.89. The van der Waals surface area contributed by atoms with Gasteiger partial charge in [0.1, 0.15) is 5.75 Å². The van der Waals surface area contributed by atoms with Crippen molar-refractivity contribution in [2.75, 3.05) is 25.6 Å². The molecule has 0 aliphatic carbocycles. The van der Waals surface area contributed by atoms with E-state index in [0.717, 1.165) is 37.2 Å². The number of hydrogen-bond acceptors (Lipinski definition) is 4. The minimum atomic E-state index is 0.192. The first-order valence-electron chi connectivity index (χ1n) is 8.55. The van der Waals surface area contributed by atoms with Crippen molar-refractivity contribution in [2.24, 2.45) is 0 Å². The SMILES string of the molecule is COc1ccc(Cl)cc1NC(=S)N(Cc1ccncc1)C[C@@H]1CCCO1. The second-order valence-electron chi connectivity index (χ2n) is 6.15. The smallest absolute Gasteiger partial charge is 0.173 e. The van der Waals surface area contributed by atoms with Crippen molar-refractivity contribution in [1.82, 2.24) is 9.88 Å². The van der Waals surface area contributed by atoms with Gasteiger partial charge in [0.15, 0.2) is 5.11 Å². The summed E-state index contributed by atoms with van der Waals surface area (Å²) in [6.45, 7) is 2.23. The Morgan fingerprint density at radius 2 is 2.19 bits per heavy atom. The fourth-order valence-electron chi connectivity index (χ4n) is 2.93. The Balaban J connectivity index is 1.76. The standard InChI is InChI=1S/C19H22ClN3O2S/c1-24-18-5-4-15(20)11-17(18)22-19(26)23(13-16-3-2-10-25-16)12-14-6-8-21-9-7-14/h4-9,11,16H,2-3,10,12-13H2,1H3,(H,22,26)/t16-/m0/s1. The Kier molecular flexibility index (Phi) is 6.66. The van der Waals surface area contributed by atoms with E-state index < -0.39 is 0 Å². The number of rotatable bonds is 6. The van der Waals surface area contributed by atoms with Gasteiger partial charge in [-0.3, -0.25) is 4.98 Å². The first-order chi connectivity index (χ1) is 12.7. The van der Waals surface area contributed by atoms with Gasteiger partial charge in [-0.05, 0) is 61.0 Å². The highest BCUT2D eigenvalue weighted by molar-refractivity contribution is 7.80. The Morgan fingerprint density at radius 1 is 1.38 bits per heavy atom. The number of pyridine rings is 1. The van der Waals surface area contributed by atoms with E-state index >= 15 is 0 Å². The van der Waals surface area contributed by atoms with Gasteiger partial charge in [0.05, 0.1) is 18.9 Å². The Bertz CT molecular complexity index is 739. The lowest BCUT2D eigenvalue weighted by molar-refractivity contribution is 0.0905. The number of anilines is 1.